The highest BCUT2D eigenvalue weighted by molar-refractivity contribution is 5.66. The lowest BCUT2D eigenvalue weighted by molar-refractivity contribution is -0.137. The van der Waals surface area contributed by atoms with Gasteiger partial charge in [0.2, 0.25) is 0 Å². The van der Waals surface area contributed by atoms with Gasteiger partial charge in [-0.05, 0) is 111 Å². The molecule has 0 heterocycles. The Morgan fingerprint density at radius 3 is 2.48 bits per heavy atom. The second kappa shape index (κ2) is 7.04. The second-order valence-electron chi connectivity index (χ2n) is 11.3. The highest BCUT2D eigenvalue weighted by Crippen LogP contribution is 2.68. The smallest absolute Gasteiger partial charge is 0.303 e. The lowest BCUT2D eigenvalue weighted by atomic mass is 9.44. The van der Waals surface area contributed by atoms with Gasteiger partial charge in [0.1, 0.15) is 0 Å². The molecule has 154 valence electrons. The van der Waals surface area contributed by atoms with Gasteiger partial charge in [-0.2, -0.15) is 0 Å². The third kappa shape index (κ3) is 3.16. The predicted molar refractivity (Wildman–Crippen MR) is 109 cm³/mol. The molecule has 0 aromatic rings. The van der Waals surface area contributed by atoms with Crippen LogP contribution in [0.4, 0.5) is 0 Å². The van der Waals surface area contributed by atoms with Crippen molar-refractivity contribution in [2.24, 2.45) is 52.1 Å². The summed E-state index contributed by atoms with van der Waals surface area (Å²) in [6, 6.07) is 0.444. The van der Waals surface area contributed by atoms with E-state index in [2.05, 4.69) is 20.8 Å². The van der Waals surface area contributed by atoms with E-state index in [-0.39, 0.29) is 0 Å². The number of fused-ring (bicyclic) bond motifs is 5. The van der Waals surface area contributed by atoms with E-state index in [1.165, 1.54) is 57.8 Å². The van der Waals surface area contributed by atoms with Crippen LogP contribution in [0.15, 0.2) is 0 Å². The Hall–Kier alpha value is -0.570. The first-order chi connectivity index (χ1) is 12.8. The minimum absolute atomic E-state index is 0.338. The van der Waals surface area contributed by atoms with E-state index in [9.17, 15) is 4.79 Å². The number of nitrogens with two attached hydrogens (primary N) is 1. The van der Waals surface area contributed by atoms with Crippen molar-refractivity contribution >= 4 is 5.97 Å². The normalized spacial score (nSPS) is 50.4. The summed E-state index contributed by atoms with van der Waals surface area (Å²) in [5.74, 6) is 4.21. The van der Waals surface area contributed by atoms with Gasteiger partial charge in [-0.15, -0.1) is 0 Å². The summed E-state index contributed by atoms with van der Waals surface area (Å²) in [6.45, 7) is 7.52. The monoisotopic (exact) mass is 375 g/mol. The molecule has 3 N–H and O–H groups in total. The van der Waals surface area contributed by atoms with Crippen LogP contribution >= 0.6 is 0 Å². The largest absolute Gasteiger partial charge is 0.481 e. The molecular formula is C24H41NO2. The highest BCUT2D eigenvalue weighted by atomic mass is 16.4. The van der Waals surface area contributed by atoms with Gasteiger partial charge in [0.15, 0.2) is 0 Å². The van der Waals surface area contributed by atoms with Crippen LogP contribution in [0.25, 0.3) is 0 Å². The average molecular weight is 376 g/mol. The third-order valence-electron chi connectivity index (χ3n) is 10.3. The minimum atomic E-state index is -0.632. The highest BCUT2D eigenvalue weighted by Gasteiger charge is 2.60. The number of hydrogen-bond donors (Lipinski definition) is 2. The van der Waals surface area contributed by atoms with Crippen molar-refractivity contribution in [3.63, 3.8) is 0 Å². The summed E-state index contributed by atoms with van der Waals surface area (Å²) in [7, 11) is 0. The Kier molecular flexibility index (Phi) is 5.15. The second-order valence-corrected chi connectivity index (χ2v) is 11.3. The van der Waals surface area contributed by atoms with E-state index in [1.54, 1.807) is 0 Å². The number of rotatable bonds is 4. The topological polar surface area (TPSA) is 63.3 Å². The molecular weight excluding hydrogens is 334 g/mol. The first kappa shape index (κ1) is 19.7. The van der Waals surface area contributed by atoms with Gasteiger partial charge in [0, 0.05) is 12.5 Å². The summed E-state index contributed by atoms with van der Waals surface area (Å²) in [5, 5.41) is 9.10. The molecule has 0 aliphatic heterocycles. The quantitative estimate of drug-likeness (QED) is 0.684. The van der Waals surface area contributed by atoms with Crippen LogP contribution in [0.5, 0.6) is 0 Å². The van der Waals surface area contributed by atoms with Crippen LogP contribution in [0.2, 0.25) is 0 Å². The van der Waals surface area contributed by atoms with E-state index in [0.717, 1.165) is 36.0 Å². The summed E-state index contributed by atoms with van der Waals surface area (Å²) >= 11 is 0. The molecule has 0 aromatic carbocycles. The lowest BCUT2D eigenvalue weighted by Gasteiger charge is -2.61. The van der Waals surface area contributed by atoms with E-state index < -0.39 is 5.97 Å². The molecule has 4 rings (SSSR count). The molecule has 0 spiro atoms. The Morgan fingerprint density at radius 2 is 1.74 bits per heavy atom. The van der Waals surface area contributed by atoms with E-state index in [4.69, 9.17) is 10.8 Å². The molecule has 4 fully saturated rings. The summed E-state index contributed by atoms with van der Waals surface area (Å²) in [6.07, 6.45) is 13.3. The SMILES string of the molecule is C[C@@H](CCC(=O)O)[C@H]1CC[C@H]2[C@@H]3CC[C@@H]4C[C@H](N)CC[C@]4(C)[C@H]3CC[C@]12C. The van der Waals surface area contributed by atoms with E-state index in [0.29, 0.717) is 29.2 Å². The van der Waals surface area contributed by atoms with Crippen molar-refractivity contribution in [3.8, 4) is 0 Å². The number of hydrogen-bond acceptors (Lipinski definition) is 2. The average Bonchev–Trinajstić information content (AvgIpc) is 2.97. The first-order valence-electron chi connectivity index (χ1n) is 11.7. The summed E-state index contributed by atoms with van der Waals surface area (Å²) < 4.78 is 0. The maximum atomic E-state index is 11.1. The van der Waals surface area contributed by atoms with Crippen molar-refractivity contribution in [1.29, 1.82) is 0 Å². The number of carboxylic acid groups (broad SMARTS) is 1. The number of aliphatic carboxylic acids is 1. The minimum Gasteiger partial charge on any atom is -0.481 e. The zero-order valence-electron chi connectivity index (χ0n) is 17.8. The van der Waals surface area contributed by atoms with Gasteiger partial charge in [0.25, 0.3) is 0 Å². The Bertz CT molecular complexity index is 577. The standard InChI is InChI=1S/C24H41NO2/c1-15(4-9-22(26)27)19-7-8-20-18-6-5-16-14-17(25)10-12-23(16,2)21(18)11-13-24(19,20)3/h15-21H,4-14,25H2,1-3H3,(H,26,27)/t15-,16+,17+,18-,19+,20-,21-,23-,24+/m0/s1. The molecule has 0 aromatic heterocycles. The Morgan fingerprint density at radius 1 is 1.04 bits per heavy atom. The molecule has 3 heteroatoms. The Labute approximate surface area is 165 Å². The van der Waals surface area contributed by atoms with Crippen molar-refractivity contribution in [3.05, 3.63) is 0 Å². The van der Waals surface area contributed by atoms with Gasteiger partial charge in [-0.1, -0.05) is 20.8 Å². The van der Waals surface area contributed by atoms with E-state index in [1.807, 2.05) is 0 Å². The molecule has 3 nitrogen and oxygen atoms in total. The maximum absolute atomic E-state index is 11.1. The van der Waals surface area contributed by atoms with Gasteiger partial charge in [0.05, 0.1) is 0 Å². The number of carboxylic acids is 1. The van der Waals surface area contributed by atoms with Gasteiger partial charge < -0.3 is 10.8 Å². The zero-order valence-corrected chi connectivity index (χ0v) is 17.8. The number of carbonyl (C=O) groups is 1. The molecule has 0 amide bonds. The summed E-state index contributed by atoms with van der Waals surface area (Å²) in [4.78, 5) is 11.1. The fourth-order valence-corrected chi connectivity index (χ4v) is 8.82. The van der Waals surface area contributed by atoms with Crippen molar-refractivity contribution < 1.29 is 9.90 Å². The van der Waals surface area contributed by atoms with Crippen LogP contribution in [0, 0.1) is 46.3 Å². The molecule has 4 aliphatic rings. The van der Waals surface area contributed by atoms with Crippen molar-refractivity contribution in [1.82, 2.24) is 0 Å². The fraction of sp³-hybridized carbons (Fsp3) is 0.958. The molecule has 0 bridgehead atoms. The molecule has 0 saturated heterocycles. The van der Waals surface area contributed by atoms with Crippen LogP contribution in [-0.4, -0.2) is 17.1 Å². The van der Waals surface area contributed by atoms with Crippen LogP contribution in [-0.2, 0) is 4.79 Å². The maximum Gasteiger partial charge on any atom is 0.303 e. The summed E-state index contributed by atoms with van der Waals surface area (Å²) in [5.41, 5.74) is 7.32. The predicted octanol–water partition coefficient (Wildman–Crippen LogP) is 5.47. The zero-order chi connectivity index (χ0) is 19.4. The molecule has 4 aliphatic carbocycles. The van der Waals surface area contributed by atoms with Crippen LogP contribution < -0.4 is 5.73 Å². The first-order valence-corrected chi connectivity index (χ1v) is 11.7. The lowest BCUT2D eigenvalue weighted by Crippen LogP contribution is -2.54. The fourth-order valence-electron chi connectivity index (χ4n) is 8.82. The van der Waals surface area contributed by atoms with Gasteiger partial charge >= 0.3 is 5.97 Å². The molecule has 27 heavy (non-hydrogen) atoms. The van der Waals surface area contributed by atoms with Gasteiger partial charge in [-0.3, -0.25) is 4.79 Å². The molecule has 4 saturated carbocycles. The third-order valence-corrected chi connectivity index (χ3v) is 10.3. The van der Waals surface area contributed by atoms with Crippen molar-refractivity contribution in [2.75, 3.05) is 0 Å². The molecule has 9 atom stereocenters. The van der Waals surface area contributed by atoms with E-state index >= 15 is 0 Å². The van der Waals surface area contributed by atoms with Gasteiger partial charge in [-0.25, -0.2) is 0 Å². The van der Waals surface area contributed by atoms with Crippen molar-refractivity contribution in [2.45, 2.75) is 97.4 Å². The molecule has 0 radical (unpaired) electrons. The Balaban J connectivity index is 1.51. The van der Waals surface area contributed by atoms with Crippen LogP contribution in [0.3, 0.4) is 0 Å². The van der Waals surface area contributed by atoms with Crippen LogP contribution in [0.1, 0.15) is 91.4 Å². The molecule has 0 unspecified atom stereocenters.